The highest BCUT2D eigenvalue weighted by Crippen LogP contribution is 2.31. The van der Waals surface area contributed by atoms with Gasteiger partial charge >= 0.3 is 0 Å². The van der Waals surface area contributed by atoms with E-state index in [0.717, 1.165) is 42.6 Å². The van der Waals surface area contributed by atoms with Crippen molar-refractivity contribution in [2.45, 2.75) is 64.5 Å². The molecule has 0 spiro atoms. The van der Waals surface area contributed by atoms with Gasteiger partial charge in [0.1, 0.15) is 5.75 Å². The number of carbonyl (C=O) groups is 2. The van der Waals surface area contributed by atoms with E-state index < -0.39 is 6.04 Å². The molecule has 1 aliphatic carbocycles. The molecule has 1 fully saturated rings. The lowest BCUT2D eigenvalue weighted by Gasteiger charge is -2.23. The second-order valence-corrected chi connectivity index (χ2v) is 9.58. The number of rotatable bonds is 13. The molecule has 2 amide bonds. The topological polar surface area (TPSA) is 93.4 Å². The second-order valence-electron chi connectivity index (χ2n) is 9.58. The average molecular weight is 466 g/mol. The Hall–Kier alpha value is -2.86. The van der Waals surface area contributed by atoms with Gasteiger partial charge in [-0.3, -0.25) is 9.59 Å². The van der Waals surface area contributed by atoms with Gasteiger partial charge < -0.3 is 21.1 Å². The lowest BCUT2D eigenvalue weighted by atomic mass is 9.99. The fraction of sp³-hybridized carbons (Fsp3) is 0.500. The number of carbonyl (C=O) groups excluding carboxylic acids is 2. The van der Waals surface area contributed by atoms with Crippen molar-refractivity contribution in [2.24, 2.45) is 17.6 Å². The van der Waals surface area contributed by atoms with Crippen molar-refractivity contribution in [3.63, 3.8) is 0 Å². The van der Waals surface area contributed by atoms with Crippen LogP contribution in [0.25, 0.3) is 0 Å². The monoisotopic (exact) mass is 465 g/mol. The third-order valence-electron chi connectivity index (χ3n) is 6.52. The Morgan fingerprint density at radius 3 is 2.29 bits per heavy atom. The molecule has 4 N–H and O–H groups in total. The quantitative estimate of drug-likeness (QED) is 0.411. The van der Waals surface area contributed by atoms with Gasteiger partial charge in [0.05, 0.1) is 24.6 Å². The van der Waals surface area contributed by atoms with E-state index in [2.05, 4.69) is 24.5 Å². The van der Waals surface area contributed by atoms with Gasteiger partial charge in [-0.05, 0) is 61.3 Å². The van der Waals surface area contributed by atoms with E-state index in [1.54, 1.807) is 0 Å². The number of hydrogen-bond acceptors (Lipinski definition) is 4. The number of ether oxygens (including phenoxy) is 1. The Morgan fingerprint density at radius 2 is 1.68 bits per heavy atom. The summed E-state index contributed by atoms with van der Waals surface area (Å²) in [5.41, 5.74) is 7.91. The van der Waals surface area contributed by atoms with Crippen molar-refractivity contribution < 1.29 is 14.3 Å². The molecule has 0 aliphatic heterocycles. The van der Waals surface area contributed by atoms with Gasteiger partial charge in [-0.1, -0.05) is 62.7 Å². The number of amides is 2. The van der Waals surface area contributed by atoms with E-state index >= 15 is 0 Å². The SMILES string of the molecule is CCCC(C)COc1ccc([C@H](CNC(=O)[C@H](N)C2CC2)NC(=O)[C@@H](C)c2ccccc2)cc1. The van der Waals surface area contributed by atoms with Crippen LogP contribution in [-0.2, 0) is 9.59 Å². The van der Waals surface area contributed by atoms with Gasteiger partial charge in [-0.15, -0.1) is 0 Å². The van der Waals surface area contributed by atoms with E-state index in [9.17, 15) is 9.59 Å². The summed E-state index contributed by atoms with van der Waals surface area (Å²) in [6.45, 7) is 7.20. The normalized spacial score (nSPS) is 16.7. The predicted molar refractivity (Wildman–Crippen MR) is 135 cm³/mol. The molecular formula is C28H39N3O3. The molecule has 3 rings (SSSR count). The van der Waals surface area contributed by atoms with Gasteiger partial charge in [0.2, 0.25) is 11.8 Å². The molecule has 184 valence electrons. The predicted octanol–water partition coefficient (Wildman–Crippen LogP) is 4.32. The molecule has 1 unspecified atom stereocenters. The van der Waals surface area contributed by atoms with E-state index in [1.165, 1.54) is 0 Å². The van der Waals surface area contributed by atoms with Crippen LogP contribution in [0.3, 0.4) is 0 Å². The Kier molecular flexibility index (Phi) is 9.52. The summed E-state index contributed by atoms with van der Waals surface area (Å²) in [6.07, 6.45) is 4.28. The summed E-state index contributed by atoms with van der Waals surface area (Å²) in [4.78, 5) is 25.5. The van der Waals surface area contributed by atoms with E-state index in [4.69, 9.17) is 10.5 Å². The van der Waals surface area contributed by atoms with Crippen molar-refractivity contribution in [1.82, 2.24) is 10.6 Å². The zero-order valence-electron chi connectivity index (χ0n) is 20.6. The van der Waals surface area contributed by atoms with Crippen LogP contribution in [0.2, 0.25) is 0 Å². The van der Waals surface area contributed by atoms with Crippen LogP contribution in [0, 0.1) is 11.8 Å². The van der Waals surface area contributed by atoms with Crippen molar-refractivity contribution in [2.75, 3.05) is 13.2 Å². The number of nitrogens with two attached hydrogens (primary N) is 1. The largest absolute Gasteiger partial charge is 0.493 e. The summed E-state index contributed by atoms with van der Waals surface area (Å²) in [6, 6.07) is 16.6. The summed E-state index contributed by atoms with van der Waals surface area (Å²) in [5, 5.41) is 6.07. The minimum atomic E-state index is -0.486. The van der Waals surface area contributed by atoms with Gasteiger partial charge in [-0.25, -0.2) is 0 Å². The lowest BCUT2D eigenvalue weighted by molar-refractivity contribution is -0.125. The maximum atomic E-state index is 13.1. The molecule has 6 heteroatoms. The van der Waals surface area contributed by atoms with E-state index in [-0.39, 0.29) is 36.2 Å². The molecular weight excluding hydrogens is 426 g/mol. The standard InChI is InChI=1S/C28H39N3O3/c1-4-8-19(2)18-34-24-15-13-22(14-16-24)25(17-30-28(33)26(29)23-11-12-23)31-27(32)20(3)21-9-6-5-7-10-21/h5-7,9-10,13-16,19-20,23,25-26H,4,8,11-12,17-18,29H2,1-3H3,(H,30,33)(H,31,32)/t19?,20-,25-,26+/m0/s1. The molecule has 2 aromatic carbocycles. The Bertz CT molecular complexity index is 912. The number of hydrogen-bond donors (Lipinski definition) is 3. The molecule has 0 radical (unpaired) electrons. The van der Waals surface area contributed by atoms with Crippen LogP contribution in [-0.4, -0.2) is 31.0 Å². The van der Waals surface area contributed by atoms with Gasteiger partial charge in [0, 0.05) is 6.54 Å². The maximum Gasteiger partial charge on any atom is 0.237 e. The van der Waals surface area contributed by atoms with Crippen LogP contribution in [0.1, 0.15) is 69.5 Å². The molecule has 1 aliphatic rings. The second kappa shape index (κ2) is 12.6. The molecule has 34 heavy (non-hydrogen) atoms. The first-order valence-electron chi connectivity index (χ1n) is 12.5. The fourth-order valence-electron chi connectivity index (χ4n) is 4.04. The third-order valence-corrected chi connectivity index (χ3v) is 6.52. The number of nitrogens with one attached hydrogen (secondary N) is 2. The van der Waals surface area contributed by atoms with Crippen LogP contribution >= 0.6 is 0 Å². The molecule has 0 heterocycles. The number of benzene rings is 2. The smallest absolute Gasteiger partial charge is 0.237 e. The fourth-order valence-corrected chi connectivity index (χ4v) is 4.04. The Balaban J connectivity index is 1.67. The van der Waals surface area contributed by atoms with Gasteiger partial charge in [0.25, 0.3) is 0 Å². The van der Waals surface area contributed by atoms with Crippen LogP contribution in [0.4, 0.5) is 0 Å². The first kappa shape index (κ1) is 25.8. The van der Waals surface area contributed by atoms with Crippen molar-refractivity contribution >= 4 is 11.8 Å². The molecule has 4 atom stereocenters. The average Bonchev–Trinajstić information content (AvgIpc) is 3.70. The van der Waals surface area contributed by atoms with Gasteiger partial charge in [0.15, 0.2) is 0 Å². The highest BCUT2D eigenvalue weighted by molar-refractivity contribution is 5.84. The van der Waals surface area contributed by atoms with Crippen molar-refractivity contribution in [3.8, 4) is 5.75 Å². The molecule has 0 saturated heterocycles. The molecule has 0 aromatic heterocycles. The molecule has 1 saturated carbocycles. The minimum Gasteiger partial charge on any atom is -0.493 e. The first-order valence-corrected chi connectivity index (χ1v) is 12.5. The summed E-state index contributed by atoms with van der Waals surface area (Å²) < 4.78 is 5.92. The summed E-state index contributed by atoms with van der Waals surface area (Å²) in [5.74, 6) is 1.01. The summed E-state index contributed by atoms with van der Waals surface area (Å²) in [7, 11) is 0. The first-order chi connectivity index (χ1) is 16.4. The molecule has 2 aromatic rings. The maximum absolute atomic E-state index is 13.1. The van der Waals surface area contributed by atoms with Crippen molar-refractivity contribution in [1.29, 1.82) is 0 Å². The summed E-state index contributed by atoms with van der Waals surface area (Å²) >= 11 is 0. The van der Waals surface area contributed by atoms with E-state index in [1.807, 2.05) is 61.5 Å². The van der Waals surface area contributed by atoms with Gasteiger partial charge in [-0.2, -0.15) is 0 Å². The van der Waals surface area contributed by atoms with Crippen LogP contribution < -0.4 is 21.1 Å². The van der Waals surface area contributed by atoms with Crippen LogP contribution in [0.5, 0.6) is 5.75 Å². The Morgan fingerprint density at radius 1 is 1.00 bits per heavy atom. The van der Waals surface area contributed by atoms with E-state index in [0.29, 0.717) is 12.5 Å². The molecule has 6 nitrogen and oxygen atoms in total. The van der Waals surface area contributed by atoms with Crippen LogP contribution in [0.15, 0.2) is 54.6 Å². The lowest BCUT2D eigenvalue weighted by Crippen LogP contribution is -2.46. The van der Waals surface area contributed by atoms with Crippen molar-refractivity contribution in [3.05, 3.63) is 65.7 Å². The Labute approximate surface area is 203 Å². The molecule has 0 bridgehead atoms. The zero-order valence-corrected chi connectivity index (χ0v) is 20.6. The zero-order chi connectivity index (χ0) is 24.5. The minimum absolute atomic E-state index is 0.0920. The third kappa shape index (κ3) is 7.59. The highest BCUT2D eigenvalue weighted by atomic mass is 16.5. The highest BCUT2D eigenvalue weighted by Gasteiger charge is 2.33.